The Balaban J connectivity index is 1.70. The Hall–Kier alpha value is -0.160. The summed E-state index contributed by atoms with van der Waals surface area (Å²) in [6, 6.07) is 0.423. The predicted octanol–water partition coefficient (Wildman–Crippen LogP) is 0.358. The first-order valence-corrected chi connectivity index (χ1v) is 7.44. The molecule has 0 bridgehead atoms. The van der Waals surface area contributed by atoms with Gasteiger partial charge in [0.1, 0.15) is 0 Å². The monoisotopic (exact) mass is 255 g/mol. The number of piperidine rings is 2. The molecule has 0 aliphatic carbocycles. The normalized spacial score (nSPS) is 37.0. The Morgan fingerprint density at radius 2 is 1.50 bits per heavy atom. The molecular formula is C14H29N3O. The summed E-state index contributed by atoms with van der Waals surface area (Å²) in [5.41, 5.74) is 5.92. The summed E-state index contributed by atoms with van der Waals surface area (Å²) < 4.78 is 0. The van der Waals surface area contributed by atoms with Crippen LogP contribution in [0.1, 0.15) is 26.7 Å². The fraction of sp³-hybridized carbons (Fsp3) is 1.00. The molecule has 0 saturated carbocycles. The zero-order valence-corrected chi connectivity index (χ0v) is 11.9. The summed E-state index contributed by atoms with van der Waals surface area (Å²) in [5, 5.41) is 9.96. The molecule has 2 fully saturated rings. The van der Waals surface area contributed by atoms with Crippen LogP contribution in [0.5, 0.6) is 0 Å². The van der Waals surface area contributed by atoms with Gasteiger partial charge < -0.3 is 20.6 Å². The van der Waals surface area contributed by atoms with Crippen LogP contribution in [0.25, 0.3) is 0 Å². The number of nitrogens with zero attached hydrogens (tertiary/aromatic N) is 2. The first-order valence-electron chi connectivity index (χ1n) is 7.44. The van der Waals surface area contributed by atoms with E-state index in [1.807, 2.05) is 0 Å². The molecule has 0 aromatic rings. The molecule has 4 nitrogen and oxygen atoms in total. The van der Waals surface area contributed by atoms with Crippen molar-refractivity contribution in [3.63, 3.8) is 0 Å². The van der Waals surface area contributed by atoms with Crippen LogP contribution >= 0.6 is 0 Å². The molecule has 18 heavy (non-hydrogen) atoms. The summed E-state index contributed by atoms with van der Waals surface area (Å²) in [6.45, 7) is 11.0. The van der Waals surface area contributed by atoms with Crippen molar-refractivity contribution in [3.05, 3.63) is 0 Å². The van der Waals surface area contributed by atoms with Crippen molar-refractivity contribution in [1.29, 1.82) is 0 Å². The van der Waals surface area contributed by atoms with Gasteiger partial charge in [-0.1, -0.05) is 13.8 Å². The Bertz CT molecular complexity index is 241. The molecule has 2 heterocycles. The highest BCUT2D eigenvalue weighted by molar-refractivity contribution is 4.83. The van der Waals surface area contributed by atoms with E-state index in [2.05, 4.69) is 23.6 Å². The van der Waals surface area contributed by atoms with Gasteiger partial charge in [0.15, 0.2) is 0 Å². The van der Waals surface area contributed by atoms with Gasteiger partial charge in [0.05, 0.1) is 6.10 Å². The fourth-order valence-electron chi connectivity index (χ4n) is 3.31. The van der Waals surface area contributed by atoms with Crippen LogP contribution in [-0.4, -0.2) is 66.3 Å². The molecule has 2 unspecified atom stereocenters. The Labute approximate surface area is 111 Å². The van der Waals surface area contributed by atoms with E-state index in [0.29, 0.717) is 17.9 Å². The average Bonchev–Trinajstić information content (AvgIpc) is 2.35. The topological polar surface area (TPSA) is 52.7 Å². The lowest BCUT2D eigenvalue weighted by Crippen LogP contribution is -2.50. The number of hydrogen-bond donors (Lipinski definition) is 2. The lowest BCUT2D eigenvalue weighted by molar-refractivity contribution is -0.0108. The van der Waals surface area contributed by atoms with E-state index in [1.54, 1.807) is 0 Å². The second kappa shape index (κ2) is 6.33. The number of hydrogen-bond acceptors (Lipinski definition) is 4. The van der Waals surface area contributed by atoms with Crippen molar-refractivity contribution >= 4 is 0 Å². The van der Waals surface area contributed by atoms with E-state index in [9.17, 15) is 5.11 Å². The van der Waals surface area contributed by atoms with Gasteiger partial charge in [-0.2, -0.15) is 0 Å². The third kappa shape index (κ3) is 3.67. The standard InChI is InChI=1S/C14H29N3O/c1-11-9-17(10-12(2)14(11)18)8-7-16-5-3-13(15)4-6-16/h11-14,18H,3-10,15H2,1-2H3. The number of aliphatic hydroxyl groups is 1. The quantitative estimate of drug-likeness (QED) is 0.764. The molecule has 2 atom stereocenters. The molecule has 0 amide bonds. The number of likely N-dealkylation sites (tertiary alicyclic amines) is 2. The van der Waals surface area contributed by atoms with Crippen LogP contribution in [0.3, 0.4) is 0 Å². The fourth-order valence-corrected chi connectivity index (χ4v) is 3.31. The Morgan fingerprint density at radius 3 is 2.06 bits per heavy atom. The molecule has 106 valence electrons. The third-order valence-corrected chi connectivity index (χ3v) is 4.62. The number of rotatable bonds is 3. The third-order valence-electron chi connectivity index (χ3n) is 4.62. The Kier molecular flexibility index (Phi) is 5.01. The van der Waals surface area contributed by atoms with Crippen LogP contribution < -0.4 is 5.73 Å². The molecule has 0 aromatic heterocycles. The van der Waals surface area contributed by atoms with E-state index in [4.69, 9.17) is 5.73 Å². The first kappa shape index (κ1) is 14.3. The van der Waals surface area contributed by atoms with Crippen LogP contribution in [0.2, 0.25) is 0 Å². The first-order chi connectivity index (χ1) is 8.56. The highest BCUT2D eigenvalue weighted by atomic mass is 16.3. The molecule has 2 rings (SSSR count). The zero-order valence-electron chi connectivity index (χ0n) is 11.9. The van der Waals surface area contributed by atoms with Crippen LogP contribution in [-0.2, 0) is 0 Å². The van der Waals surface area contributed by atoms with E-state index in [-0.39, 0.29) is 6.10 Å². The molecule has 0 spiro atoms. The van der Waals surface area contributed by atoms with Crippen molar-refractivity contribution in [2.24, 2.45) is 17.6 Å². The minimum Gasteiger partial charge on any atom is -0.392 e. The molecule has 2 saturated heterocycles. The molecule has 2 aliphatic rings. The molecule has 3 N–H and O–H groups in total. The largest absolute Gasteiger partial charge is 0.392 e. The van der Waals surface area contributed by atoms with E-state index >= 15 is 0 Å². The van der Waals surface area contributed by atoms with E-state index in [0.717, 1.165) is 52.1 Å². The maximum atomic E-state index is 9.96. The lowest BCUT2D eigenvalue weighted by Gasteiger charge is -2.40. The molecule has 2 aliphatic heterocycles. The SMILES string of the molecule is CC1CN(CCN2CCC(N)CC2)CC(C)C1O. The van der Waals surface area contributed by atoms with Gasteiger partial charge in [-0.15, -0.1) is 0 Å². The Morgan fingerprint density at radius 1 is 1.00 bits per heavy atom. The second-order valence-electron chi connectivity index (χ2n) is 6.38. The van der Waals surface area contributed by atoms with Gasteiger partial charge in [-0.3, -0.25) is 0 Å². The summed E-state index contributed by atoms with van der Waals surface area (Å²) in [7, 11) is 0. The highest BCUT2D eigenvalue weighted by Gasteiger charge is 2.30. The number of aliphatic hydroxyl groups excluding tert-OH is 1. The summed E-state index contributed by atoms with van der Waals surface area (Å²) in [6.07, 6.45) is 2.17. The van der Waals surface area contributed by atoms with E-state index < -0.39 is 0 Å². The van der Waals surface area contributed by atoms with E-state index in [1.165, 1.54) is 0 Å². The maximum Gasteiger partial charge on any atom is 0.0615 e. The van der Waals surface area contributed by atoms with Gasteiger partial charge in [-0.05, 0) is 37.8 Å². The molecule has 0 aromatic carbocycles. The highest BCUT2D eigenvalue weighted by Crippen LogP contribution is 2.21. The second-order valence-corrected chi connectivity index (χ2v) is 6.38. The zero-order chi connectivity index (χ0) is 13.1. The van der Waals surface area contributed by atoms with Crippen molar-refractivity contribution < 1.29 is 5.11 Å². The maximum absolute atomic E-state index is 9.96. The summed E-state index contributed by atoms with van der Waals surface area (Å²) >= 11 is 0. The smallest absolute Gasteiger partial charge is 0.0615 e. The van der Waals surface area contributed by atoms with Crippen molar-refractivity contribution in [2.75, 3.05) is 39.3 Å². The van der Waals surface area contributed by atoms with Gasteiger partial charge in [0.2, 0.25) is 0 Å². The van der Waals surface area contributed by atoms with Gasteiger partial charge in [0.25, 0.3) is 0 Å². The molecule has 4 heteroatoms. The predicted molar refractivity (Wildman–Crippen MR) is 74.4 cm³/mol. The van der Waals surface area contributed by atoms with Crippen LogP contribution in [0, 0.1) is 11.8 Å². The minimum atomic E-state index is -0.116. The lowest BCUT2D eigenvalue weighted by atomic mass is 9.88. The van der Waals surface area contributed by atoms with Crippen LogP contribution in [0.4, 0.5) is 0 Å². The van der Waals surface area contributed by atoms with Gasteiger partial charge in [0, 0.05) is 32.2 Å². The summed E-state index contributed by atoms with van der Waals surface area (Å²) in [5.74, 6) is 0.812. The summed E-state index contributed by atoms with van der Waals surface area (Å²) in [4.78, 5) is 5.04. The minimum absolute atomic E-state index is 0.116. The average molecular weight is 255 g/mol. The van der Waals surface area contributed by atoms with Gasteiger partial charge >= 0.3 is 0 Å². The van der Waals surface area contributed by atoms with Crippen molar-refractivity contribution in [1.82, 2.24) is 9.80 Å². The van der Waals surface area contributed by atoms with Crippen LogP contribution in [0.15, 0.2) is 0 Å². The molecule has 0 radical (unpaired) electrons. The number of nitrogens with two attached hydrogens (primary N) is 1. The van der Waals surface area contributed by atoms with Gasteiger partial charge in [-0.25, -0.2) is 0 Å². The van der Waals surface area contributed by atoms with Crippen molar-refractivity contribution in [3.8, 4) is 0 Å². The molecular weight excluding hydrogens is 226 g/mol. The van der Waals surface area contributed by atoms with Crippen molar-refractivity contribution in [2.45, 2.75) is 38.8 Å².